The van der Waals surface area contributed by atoms with Gasteiger partial charge in [0.15, 0.2) is 6.61 Å². The maximum absolute atomic E-state index is 11.7. The van der Waals surface area contributed by atoms with Crippen LogP contribution in [0.2, 0.25) is 0 Å². The van der Waals surface area contributed by atoms with Gasteiger partial charge in [0.25, 0.3) is 5.91 Å². The highest BCUT2D eigenvalue weighted by molar-refractivity contribution is 9.10. The number of ether oxygens (including phenoxy) is 1. The standard InChI is InChI=1S/C16H21BrN2O4/c1-11(2)7-8-14(20)18-9-16(22)23-10-15(21)19-13-6-4-3-5-12(13)17/h3-6,11H,7-10H2,1-2H3,(H,18,20)(H,19,21). The van der Waals surface area contributed by atoms with Crippen molar-refractivity contribution in [2.45, 2.75) is 26.7 Å². The summed E-state index contributed by atoms with van der Waals surface area (Å²) in [6, 6.07) is 7.11. The van der Waals surface area contributed by atoms with E-state index in [2.05, 4.69) is 26.6 Å². The maximum atomic E-state index is 11.7. The lowest BCUT2D eigenvalue weighted by Crippen LogP contribution is -2.32. The van der Waals surface area contributed by atoms with Gasteiger partial charge in [-0.05, 0) is 40.4 Å². The SMILES string of the molecule is CC(C)CCC(=O)NCC(=O)OCC(=O)Nc1ccccc1Br. The Hall–Kier alpha value is -1.89. The Morgan fingerprint density at radius 3 is 2.52 bits per heavy atom. The third-order valence-corrected chi connectivity index (χ3v) is 3.58. The van der Waals surface area contributed by atoms with Gasteiger partial charge in [0.05, 0.1) is 5.69 Å². The van der Waals surface area contributed by atoms with Gasteiger partial charge in [-0.1, -0.05) is 26.0 Å². The van der Waals surface area contributed by atoms with Crippen LogP contribution in [0.1, 0.15) is 26.7 Å². The van der Waals surface area contributed by atoms with Gasteiger partial charge in [0.1, 0.15) is 6.54 Å². The van der Waals surface area contributed by atoms with Gasteiger partial charge in [-0.25, -0.2) is 0 Å². The monoisotopic (exact) mass is 384 g/mol. The van der Waals surface area contributed by atoms with Crippen LogP contribution in [0.3, 0.4) is 0 Å². The minimum absolute atomic E-state index is 0.201. The molecule has 1 aromatic carbocycles. The Morgan fingerprint density at radius 1 is 1.17 bits per heavy atom. The fourth-order valence-electron chi connectivity index (χ4n) is 1.62. The highest BCUT2D eigenvalue weighted by Crippen LogP contribution is 2.20. The number of carbonyl (C=O) groups is 3. The number of carbonyl (C=O) groups excluding carboxylic acids is 3. The topological polar surface area (TPSA) is 84.5 Å². The van der Waals surface area contributed by atoms with Gasteiger partial charge in [0.2, 0.25) is 5.91 Å². The molecule has 0 bridgehead atoms. The number of benzene rings is 1. The molecule has 0 fully saturated rings. The van der Waals surface area contributed by atoms with Crippen LogP contribution in [0.4, 0.5) is 5.69 Å². The Balaban J connectivity index is 2.24. The van der Waals surface area contributed by atoms with Crippen molar-refractivity contribution in [1.82, 2.24) is 5.32 Å². The first-order chi connectivity index (χ1) is 10.9. The van der Waals surface area contributed by atoms with E-state index in [0.717, 1.165) is 10.9 Å². The third kappa shape index (κ3) is 8.35. The highest BCUT2D eigenvalue weighted by atomic mass is 79.9. The lowest BCUT2D eigenvalue weighted by atomic mass is 10.1. The summed E-state index contributed by atoms with van der Waals surface area (Å²) in [5, 5.41) is 5.08. The van der Waals surface area contributed by atoms with Crippen molar-refractivity contribution in [3.8, 4) is 0 Å². The summed E-state index contributed by atoms with van der Waals surface area (Å²) in [6.07, 6.45) is 1.13. The van der Waals surface area contributed by atoms with Crippen LogP contribution in [0.15, 0.2) is 28.7 Å². The number of halogens is 1. The van der Waals surface area contributed by atoms with E-state index >= 15 is 0 Å². The van der Waals surface area contributed by atoms with Crippen LogP contribution < -0.4 is 10.6 Å². The van der Waals surface area contributed by atoms with E-state index in [0.29, 0.717) is 18.0 Å². The summed E-state index contributed by atoms with van der Waals surface area (Å²) in [6.45, 7) is 3.40. The smallest absolute Gasteiger partial charge is 0.325 e. The lowest BCUT2D eigenvalue weighted by Gasteiger charge is -2.09. The average molecular weight is 385 g/mol. The molecule has 2 N–H and O–H groups in total. The molecule has 0 atom stereocenters. The van der Waals surface area contributed by atoms with Crippen LogP contribution >= 0.6 is 15.9 Å². The van der Waals surface area contributed by atoms with E-state index in [1.165, 1.54) is 0 Å². The number of nitrogens with one attached hydrogen (secondary N) is 2. The number of para-hydroxylation sites is 1. The third-order valence-electron chi connectivity index (χ3n) is 2.89. The fourth-order valence-corrected chi connectivity index (χ4v) is 2.01. The zero-order chi connectivity index (χ0) is 17.2. The van der Waals surface area contributed by atoms with E-state index in [-0.39, 0.29) is 12.5 Å². The van der Waals surface area contributed by atoms with Gasteiger partial charge in [-0.3, -0.25) is 14.4 Å². The largest absolute Gasteiger partial charge is 0.454 e. The molecule has 0 aliphatic carbocycles. The molecule has 0 heterocycles. The molecular weight excluding hydrogens is 364 g/mol. The zero-order valence-electron chi connectivity index (χ0n) is 13.2. The van der Waals surface area contributed by atoms with E-state index in [9.17, 15) is 14.4 Å². The second kappa shape index (κ2) is 9.99. The van der Waals surface area contributed by atoms with Crippen LogP contribution in [0.5, 0.6) is 0 Å². The normalized spacial score (nSPS) is 10.3. The van der Waals surface area contributed by atoms with Crippen molar-refractivity contribution in [2.24, 2.45) is 5.92 Å². The maximum Gasteiger partial charge on any atom is 0.325 e. The molecule has 126 valence electrons. The Labute approximate surface area is 144 Å². The van der Waals surface area contributed by atoms with Gasteiger partial charge >= 0.3 is 5.97 Å². The molecule has 1 aromatic rings. The Morgan fingerprint density at radius 2 is 1.87 bits per heavy atom. The van der Waals surface area contributed by atoms with Crippen molar-refractivity contribution in [3.05, 3.63) is 28.7 Å². The molecule has 0 aromatic heterocycles. The quantitative estimate of drug-likeness (QED) is 0.674. The highest BCUT2D eigenvalue weighted by Gasteiger charge is 2.11. The number of rotatable bonds is 8. The molecule has 1 rings (SSSR count). The predicted molar refractivity (Wildman–Crippen MR) is 90.8 cm³/mol. The van der Waals surface area contributed by atoms with E-state index in [1.807, 2.05) is 19.9 Å². The van der Waals surface area contributed by atoms with E-state index in [1.54, 1.807) is 18.2 Å². The molecule has 0 radical (unpaired) electrons. The summed E-state index contributed by atoms with van der Waals surface area (Å²) in [4.78, 5) is 34.6. The van der Waals surface area contributed by atoms with Crippen LogP contribution in [-0.2, 0) is 19.1 Å². The summed E-state index contributed by atoms with van der Waals surface area (Å²) >= 11 is 3.30. The number of amides is 2. The van der Waals surface area contributed by atoms with Crippen molar-refractivity contribution in [1.29, 1.82) is 0 Å². The van der Waals surface area contributed by atoms with Crippen molar-refractivity contribution < 1.29 is 19.1 Å². The summed E-state index contributed by atoms with van der Waals surface area (Å²) in [5.41, 5.74) is 0.593. The Bertz CT molecular complexity index is 561. The minimum atomic E-state index is -0.648. The number of esters is 1. The van der Waals surface area contributed by atoms with Crippen LogP contribution in [-0.4, -0.2) is 30.9 Å². The molecular formula is C16H21BrN2O4. The summed E-state index contributed by atoms with van der Waals surface area (Å²) < 4.78 is 5.54. The summed E-state index contributed by atoms with van der Waals surface area (Å²) in [5.74, 6) is -0.872. The molecule has 0 saturated carbocycles. The number of hydrogen-bond donors (Lipinski definition) is 2. The molecule has 6 nitrogen and oxygen atoms in total. The molecule has 0 aliphatic heterocycles. The van der Waals surface area contributed by atoms with E-state index in [4.69, 9.17) is 4.74 Å². The van der Waals surface area contributed by atoms with Gasteiger partial charge < -0.3 is 15.4 Å². The molecule has 0 spiro atoms. The minimum Gasteiger partial charge on any atom is -0.454 e. The van der Waals surface area contributed by atoms with Crippen molar-refractivity contribution in [3.63, 3.8) is 0 Å². The van der Waals surface area contributed by atoms with Crippen molar-refractivity contribution >= 4 is 39.4 Å². The summed E-state index contributed by atoms with van der Waals surface area (Å²) in [7, 11) is 0. The van der Waals surface area contributed by atoms with Crippen molar-refractivity contribution in [2.75, 3.05) is 18.5 Å². The van der Waals surface area contributed by atoms with Crippen LogP contribution in [0, 0.1) is 5.92 Å². The second-order valence-corrected chi connectivity index (χ2v) is 6.25. The first-order valence-corrected chi connectivity index (χ1v) is 8.14. The lowest BCUT2D eigenvalue weighted by molar-refractivity contribution is -0.147. The zero-order valence-corrected chi connectivity index (χ0v) is 14.8. The Kier molecular flexibility index (Phi) is 8.32. The first-order valence-electron chi connectivity index (χ1n) is 7.35. The molecule has 0 aliphatic rings. The second-order valence-electron chi connectivity index (χ2n) is 5.40. The number of anilines is 1. The average Bonchev–Trinajstić information content (AvgIpc) is 2.51. The molecule has 7 heteroatoms. The molecule has 0 unspecified atom stereocenters. The van der Waals surface area contributed by atoms with Gasteiger partial charge in [0, 0.05) is 10.9 Å². The van der Waals surface area contributed by atoms with Crippen LogP contribution in [0.25, 0.3) is 0 Å². The number of hydrogen-bond acceptors (Lipinski definition) is 4. The van der Waals surface area contributed by atoms with Gasteiger partial charge in [-0.2, -0.15) is 0 Å². The predicted octanol–water partition coefficient (Wildman–Crippen LogP) is 2.48. The molecule has 2 amide bonds. The molecule has 23 heavy (non-hydrogen) atoms. The first kappa shape index (κ1) is 19.2. The van der Waals surface area contributed by atoms with Gasteiger partial charge in [-0.15, -0.1) is 0 Å². The molecule has 0 saturated heterocycles. The fraction of sp³-hybridized carbons (Fsp3) is 0.438. The van der Waals surface area contributed by atoms with E-state index < -0.39 is 18.5 Å².